The molecule has 1 saturated carbocycles. The predicted molar refractivity (Wildman–Crippen MR) is 81.1 cm³/mol. The van der Waals surface area contributed by atoms with E-state index in [1.165, 1.54) is 24.8 Å². The first-order valence-corrected chi connectivity index (χ1v) is 7.40. The summed E-state index contributed by atoms with van der Waals surface area (Å²) in [6.45, 7) is 2.18. The second-order valence-electron chi connectivity index (χ2n) is 5.64. The van der Waals surface area contributed by atoms with Crippen LogP contribution >= 0.6 is 0 Å². The lowest BCUT2D eigenvalue weighted by Gasteiger charge is -2.25. The van der Waals surface area contributed by atoms with Crippen molar-refractivity contribution in [3.05, 3.63) is 65.0 Å². The summed E-state index contributed by atoms with van der Waals surface area (Å²) in [6, 6.07) is 10.2. The second kappa shape index (κ2) is 6.08. The lowest BCUT2D eigenvalue weighted by atomic mass is 9.80. The van der Waals surface area contributed by atoms with Crippen LogP contribution in [0.1, 0.15) is 52.2 Å². The van der Waals surface area contributed by atoms with Gasteiger partial charge in [-0.15, -0.1) is 0 Å². The molecular formula is C18H19NO2. The molecule has 0 N–H and O–H groups in total. The average molecular weight is 281 g/mol. The van der Waals surface area contributed by atoms with E-state index in [1.807, 2.05) is 13.0 Å². The van der Waals surface area contributed by atoms with Crippen molar-refractivity contribution in [1.29, 1.82) is 0 Å². The summed E-state index contributed by atoms with van der Waals surface area (Å²) in [4.78, 5) is 16.0. The Kier molecular flexibility index (Phi) is 4.00. The Morgan fingerprint density at radius 2 is 2.00 bits per heavy atom. The normalized spacial score (nSPS) is 14.5. The van der Waals surface area contributed by atoms with Crippen LogP contribution in [0, 0.1) is 6.92 Å². The van der Waals surface area contributed by atoms with Gasteiger partial charge in [0.2, 0.25) is 0 Å². The van der Waals surface area contributed by atoms with Crippen molar-refractivity contribution in [2.45, 2.75) is 38.7 Å². The van der Waals surface area contributed by atoms with E-state index >= 15 is 0 Å². The zero-order chi connectivity index (χ0) is 14.7. The van der Waals surface area contributed by atoms with E-state index in [9.17, 15) is 4.79 Å². The van der Waals surface area contributed by atoms with Crippen LogP contribution in [0.3, 0.4) is 0 Å². The van der Waals surface area contributed by atoms with Crippen molar-refractivity contribution in [3.8, 4) is 0 Å². The second-order valence-corrected chi connectivity index (χ2v) is 5.64. The van der Waals surface area contributed by atoms with Crippen LogP contribution < -0.4 is 0 Å². The van der Waals surface area contributed by atoms with Crippen LogP contribution in [0.4, 0.5) is 0 Å². The topological polar surface area (TPSA) is 39.2 Å². The van der Waals surface area contributed by atoms with Crippen LogP contribution in [0.5, 0.6) is 0 Å². The fourth-order valence-corrected chi connectivity index (χ4v) is 2.53. The van der Waals surface area contributed by atoms with E-state index in [1.54, 1.807) is 12.4 Å². The molecule has 0 atom stereocenters. The molecule has 1 heterocycles. The van der Waals surface area contributed by atoms with Crippen LogP contribution in [0.25, 0.3) is 0 Å². The minimum Gasteiger partial charge on any atom is -0.457 e. The molecule has 3 rings (SSSR count). The Balaban J connectivity index is 1.59. The van der Waals surface area contributed by atoms with E-state index in [2.05, 4.69) is 29.2 Å². The third-order valence-corrected chi connectivity index (χ3v) is 4.19. The summed E-state index contributed by atoms with van der Waals surface area (Å²) in [6.07, 6.45) is 7.17. The summed E-state index contributed by atoms with van der Waals surface area (Å²) in [7, 11) is 0. The van der Waals surface area contributed by atoms with Gasteiger partial charge in [0.1, 0.15) is 6.61 Å². The molecule has 0 radical (unpaired) electrons. The third-order valence-electron chi connectivity index (χ3n) is 4.19. The summed E-state index contributed by atoms with van der Waals surface area (Å²) < 4.78 is 5.36. The van der Waals surface area contributed by atoms with Crippen molar-refractivity contribution in [2.24, 2.45) is 0 Å². The number of carbonyl (C=O) groups excluding carboxylic acids is 1. The van der Waals surface area contributed by atoms with Gasteiger partial charge < -0.3 is 4.74 Å². The molecule has 1 aliphatic rings. The Labute approximate surface area is 125 Å². The summed E-state index contributed by atoms with van der Waals surface area (Å²) in [5.41, 5.74) is 3.84. The number of carbonyl (C=O) groups is 1. The molecule has 2 aromatic rings. The Morgan fingerprint density at radius 1 is 1.24 bits per heavy atom. The van der Waals surface area contributed by atoms with E-state index in [-0.39, 0.29) is 5.97 Å². The minimum absolute atomic E-state index is 0.304. The first kappa shape index (κ1) is 13.8. The van der Waals surface area contributed by atoms with Crippen LogP contribution in [0.15, 0.2) is 42.7 Å². The standard InChI is InChI=1S/C18H19NO2/c1-13-9-10-19-11-17(13)18(20)21-12-14-5-7-16(8-6-14)15-3-2-4-15/h5-11,15H,2-4,12H2,1H3. The van der Waals surface area contributed by atoms with Gasteiger partial charge >= 0.3 is 5.97 Å². The molecule has 3 nitrogen and oxygen atoms in total. The van der Waals surface area contributed by atoms with E-state index in [4.69, 9.17) is 4.74 Å². The number of esters is 1. The summed E-state index contributed by atoms with van der Waals surface area (Å²) in [5.74, 6) is 0.420. The number of benzene rings is 1. The zero-order valence-electron chi connectivity index (χ0n) is 12.2. The molecule has 21 heavy (non-hydrogen) atoms. The van der Waals surface area contributed by atoms with Crippen molar-refractivity contribution < 1.29 is 9.53 Å². The predicted octanol–water partition coefficient (Wildman–Crippen LogP) is 4.01. The van der Waals surface area contributed by atoms with Crippen molar-refractivity contribution in [3.63, 3.8) is 0 Å². The number of ether oxygens (including phenoxy) is 1. The van der Waals surface area contributed by atoms with E-state index < -0.39 is 0 Å². The first-order chi connectivity index (χ1) is 10.2. The highest BCUT2D eigenvalue weighted by Gasteiger charge is 2.19. The first-order valence-electron chi connectivity index (χ1n) is 7.40. The molecule has 1 aliphatic carbocycles. The van der Waals surface area contributed by atoms with Crippen LogP contribution in [-0.2, 0) is 11.3 Å². The monoisotopic (exact) mass is 281 g/mol. The van der Waals surface area contributed by atoms with Gasteiger partial charge in [0.25, 0.3) is 0 Å². The molecule has 0 aliphatic heterocycles. The highest BCUT2D eigenvalue weighted by molar-refractivity contribution is 5.90. The van der Waals surface area contributed by atoms with Gasteiger partial charge in [-0.25, -0.2) is 4.79 Å². The summed E-state index contributed by atoms with van der Waals surface area (Å²) in [5, 5.41) is 0. The van der Waals surface area contributed by atoms with Crippen molar-refractivity contribution >= 4 is 5.97 Å². The lowest BCUT2D eigenvalue weighted by molar-refractivity contribution is 0.0471. The average Bonchev–Trinajstić information content (AvgIpc) is 2.45. The van der Waals surface area contributed by atoms with Gasteiger partial charge in [-0.05, 0) is 48.4 Å². The van der Waals surface area contributed by atoms with Crippen molar-refractivity contribution in [1.82, 2.24) is 4.98 Å². The van der Waals surface area contributed by atoms with Gasteiger partial charge in [-0.2, -0.15) is 0 Å². The van der Waals surface area contributed by atoms with Gasteiger partial charge in [0, 0.05) is 12.4 Å². The number of aromatic nitrogens is 1. The fourth-order valence-electron chi connectivity index (χ4n) is 2.53. The highest BCUT2D eigenvalue weighted by Crippen LogP contribution is 2.36. The molecule has 0 amide bonds. The Bertz CT molecular complexity index is 630. The Hall–Kier alpha value is -2.16. The molecule has 0 unspecified atom stereocenters. The van der Waals surface area contributed by atoms with E-state index in [0.29, 0.717) is 12.2 Å². The van der Waals surface area contributed by atoms with Gasteiger partial charge in [0.15, 0.2) is 0 Å². The quantitative estimate of drug-likeness (QED) is 0.795. The third kappa shape index (κ3) is 3.13. The Morgan fingerprint density at radius 3 is 2.62 bits per heavy atom. The van der Waals surface area contributed by atoms with Gasteiger partial charge in [-0.3, -0.25) is 4.98 Å². The van der Waals surface area contributed by atoms with Crippen molar-refractivity contribution in [2.75, 3.05) is 0 Å². The maximum atomic E-state index is 12.0. The molecule has 1 aromatic carbocycles. The van der Waals surface area contributed by atoms with Crippen LogP contribution in [0.2, 0.25) is 0 Å². The molecule has 0 saturated heterocycles. The number of nitrogens with zero attached hydrogens (tertiary/aromatic N) is 1. The fraction of sp³-hybridized carbons (Fsp3) is 0.333. The van der Waals surface area contributed by atoms with E-state index in [0.717, 1.165) is 17.0 Å². The minimum atomic E-state index is -0.316. The molecule has 1 fully saturated rings. The molecule has 0 spiro atoms. The molecule has 3 heteroatoms. The SMILES string of the molecule is Cc1ccncc1C(=O)OCc1ccc(C2CCC2)cc1. The number of rotatable bonds is 4. The number of hydrogen-bond acceptors (Lipinski definition) is 3. The largest absolute Gasteiger partial charge is 0.457 e. The smallest absolute Gasteiger partial charge is 0.340 e. The number of aryl methyl sites for hydroxylation is 1. The lowest BCUT2D eigenvalue weighted by Crippen LogP contribution is -2.09. The van der Waals surface area contributed by atoms with Gasteiger partial charge in [0.05, 0.1) is 5.56 Å². The maximum Gasteiger partial charge on any atom is 0.340 e. The molecule has 0 bridgehead atoms. The highest BCUT2D eigenvalue weighted by atomic mass is 16.5. The zero-order valence-corrected chi connectivity index (χ0v) is 12.2. The molecule has 1 aromatic heterocycles. The molecular weight excluding hydrogens is 262 g/mol. The van der Waals surface area contributed by atoms with Gasteiger partial charge in [-0.1, -0.05) is 30.7 Å². The summed E-state index contributed by atoms with van der Waals surface area (Å²) >= 11 is 0. The maximum absolute atomic E-state index is 12.0. The molecule has 108 valence electrons. The number of pyridine rings is 1. The van der Waals surface area contributed by atoms with Crippen LogP contribution in [-0.4, -0.2) is 11.0 Å². The number of hydrogen-bond donors (Lipinski definition) is 0.